The SMILES string of the molecule is Cc1cccc(N2CC(O)=C(c3nc4ccccc4c(=O)[nH]3)C2=N)c1C. The maximum absolute atomic E-state index is 12.3. The number of hydrogen-bond acceptors (Lipinski definition) is 4. The minimum atomic E-state index is -0.288. The van der Waals surface area contributed by atoms with Gasteiger partial charge in [-0.25, -0.2) is 4.98 Å². The van der Waals surface area contributed by atoms with E-state index in [0.29, 0.717) is 10.9 Å². The third-order valence-corrected chi connectivity index (χ3v) is 4.82. The lowest BCUT2D eigenvalue weighted by Gasteiger charge is -2.22. The first-order chi connectivity index (χ1) is 12.5. The smallest absolute Gasteiger partial charge is 0.259 e. The second-order valence-electron chi connectivity index (χ2n) is 6.41. The van der Waals surface area contributed by atoms with Crippen molar-refractivity contribution in [3.63, 3.8) is 0 Å². The second kappa shape index (κ2) is 5.84. The number of aromatic amines is 1. The van der Waals surface area contributed by atoms with E-state index in [4.69, 9.17) is 5.41 Å². The molecule has 1 aliphatic rings. The number of benzene rings is 2. The molecule has 1 aromatic heterocycles. The number of aromatic nitrogens is 2. The van der Waals surface area contributed by atoms with Gasteiger partial charge in [-0.05, 0) is 43.2 Å². The summed E-state index contributed by atoms with van der Waals surface area (Å²) >= 11 is 0. The van der Waals surface area contributed by atoms with Gasteiger partial charge < -0.3 is 15.0 Å². The Bertz CT molecular complexity index is 1140. The van der Waals surface area contributed by atoms with E-state index in [2.05, 4.69) is 9.97 Å². The van der Waals surface area contributed by atoms with Crippen LogP contribution in [-0.2, 0) is 0 Å². The maximum atomic E-state index is 12.3. The van der Waals surface area contributed by atoms with E-state index < -0.39 is 0 Å². The van der Waals surface area contributed by atoms with Crippen molar-refractivity contribution >= 4 is 28.0 Å². The molecule has 0 aliphatic carbocycles. The first-order valence-corrected chi connectivity index (χ1v) is 8.31. The Morgan fingerprint density at radius 1 is 1.15 bits per heavy atom. The van der Waals surface area contributed by atoms with E-state index in [0.717, 1.165) is 16.8 Å². The number of aliphatic hydroxyl groups excluding tert-OH is 1. The molecule has 0 radical (unpaired) electrons. The number of rotatable bonds is 2. The number of anilines is 1. The zero-order chi connectivity index (χ0) is 18.4. The number of para-hydroxylation sites is 1. The minimum absolute atomic E-state index is 0.0225. The standard InChI is InChI=1S/C20H18N4O2/c1-11-6-5-9-15(12(11)2)24-10-16(25)17(18(24)21)19-22-14-8-4-3-7-13(14)20(26)23-19/h3-9,21,25H,10H2,1-2H3,(H,22,23,26). The van der Waals surface area contributed by atoms with E-state index in [1.54, 1.807) is 29.2 Å². The first-order valence-electron chi connectivity index (χ1n) is 8.31. The van der Waals surface area contributed by atoms with Crippen molar-refractivity contribution in [2.45, 2.75) is 13.8 Å². The van der Waals surface area contributed by atoms with E-state index in [1.807, 2.05) is 32.0 Å². The molecule has 0 amide bonds. The molecule has 26 heavy (non-hydrogen) atoms. The number of nitrogens with one attached hydrogen (secondary N) is 2. The highest BCUT2D eigenvalue weighted by Gasteiger charge is 2.32. The van der Waals surface area contributed by atoms with Crippen LogP contribution in [0.4, 0.5) is 5.69 Å². The van der Waals surface area contributed by atoms with Gasteiger partial charge in [-0.3, -0.25) is 10.2 Å². The molecule has 0 atom stereocenters. The highest BCUT2D eigenvalue weighted by Crippen LogP contribution is 2.32. The van der Waals surface area contributed by atoms with Crippen LogP contribution in [0.2, 0.25) is 0 Å². The Morgan fingerprint density at radius 3 is 2.73 bits per heavy atom. The number of nitrogens with zero attached hydrogens (tertiary/aromatic N) is 2. The highest BCUT2D eigenvalue weighted by molar-refractivity contribution is 6.30. The summed E-state index contributed by atoms with van der Waals surface area (Å²) in [5.41, 5.74) is 3.52. The van der Waals surface area contributed by atoms with Gasteiger partial charge in [-0.1, -0.05) is 24.3 Å². The van der Waals surface area contributed by atoms with Crippen molar-refractivity contribution in [1.82, 2.24) is 9.97 Å². The Kier molecular flexibility index (Phi) is 3.61. The molecule has 4 rings (SSSR count). The van der Waals surface area contributed by atoms with Crippen molar-refractivity contribution in [3.8, 4) is 0 Å². The molecule has 0 saturated heterocycles. The normalized spacial score (nSPS) is 14.5. The second-order valence-corrected chi connectivity index (χ2v) is 6.41. The summed E-state index contributed by atoms with van der Waals surface area (Å²) < 4.78 is 0. The molecular formula is C20H18N4O2. The molecule has 2 heterocycles. The molecular weight excluding hydrogens is 328 g/mol. The average molecular weight is 346 g/mol. The lowest BCUT2D eigenvalue weighted by atomic mass is 10.1. The van der Waals surface area contributed by atoms with Crippen LogP contribution in [0.25, 0.3) is 16.5 Å². The van der Waals surface area contributed by atoms with Crippen LogP contribution in [0, 0.1) is 19.3 Å². The molecule has 3 aromatic rings. The molecule has 0 spiro atoms. The zero-order valence-electron chi connectivity index (χ0n) is 14.5. The first kappa shape index (κ1) is 16.1. The van der Waals surface area contributed by atoms with Crippen LogP contribution in [-0.4, -0.2) is 27.5 Å². The molecule has 2 aromatic carbocycles. The van der Waals surface area contributed by atoms with Crippen molar-refractivity contribution in [2.75, 3.05) is 11.4 Å². The topological polar surface area (TPSA) is 93.1 Å². The van der Waals surface area contributed by atoms with Gasteiger partial charge in [0.15, 0.2) is 0 Å². The summed E-state index contributed by atoms with van der Waals surface area (Å²) in [5.74, 6) is 0.355. The van der Waals surface area contributed by atoms with Gasteiger partial charge in [0.2, 0.25) is 0 Å². The van der Waals surface area contributed by atoms with Crippen LogP contribution in [0.15, 0.2) is 53.0 Å². The van der Waals surface area contributed by atoms with Gasteiger partial charge in [0.1, 0.15) is 17.4 Å². The van der Waals surface area contributed by atoms with Crippen LogP contribution in [0.3, 0.4) is 0 Å². The number of aliphatic hydroxyl groups is 1. The Labute approximate surface area is 150 Å². The van der Waals surface area contributed by atoms with Crippen molar-refractivity contribution in [1.29, 1.82) is 5.41 Å². The van der Waals surface area contributed by atoms with Gasteiger partial charge in [-0.15, -0.1) is 0 Å². The van der Waals surface area contributed by atoms with Crippen molar-refractivity contribution in [3.05, 3.63) is 75.5 Å². The van der Waals surface area contributed by atoms with Gasteiger partial charge in [0.25, 0.3) is 5.56 Å². The molecule has 0 unspecified atom stereocenters. The van der Waals surface area contributed by atoms with Gasteiger partial charge in [0, 0.05) is 5.69 Å². The number of amidine groups is 1. The van der Waals surface area contributed by atoms with Crippen LogP contribution in [0.5, 0.6) is 0 Å². The zero-order valence-corrected chi connectivity index (χ0v) is 14.5. The van der Waals surface area contributed by atoms with Crippen LogP contribution >= 0.6 is 0 Å². The van der Waals surface area contributed by atoms with Gasteiger partial charge in [0.05, 0.1) is 23.0 Å². The number of fused-ring (bicyclic) bond motifs is 1. The monoisotopic (exact) mass is 346 g/mol. The molecule has 6 heteroatoms. The Morgan fingerprint density at radius 2 is 1.92 bits per heavy atom. The molecule has 6 nitrogen and oxygen atoms in total. The summed E-state index contributed by atoms with van der Waals surface area (Å²) in [6.07, 6.45) is 0. The third-order valence-electron chi connectivity index (χ3n) is 4.82. The van der Waals surface area contributed by atoms with E-state index in [-0.39, 0.29) is 35.1 Å². The predicted octanol–water partition coefficient (Wildman–Crippen LogP) is 3.31. The third kappa shape index (κ3) is 2.38. The molecule has 3 N–H and O–H groups in total. The predicted molar refractivity (Wildman–Crippen MR) is 103 cm³/mol. The van der Waals surface area contributed by atoms with E-state index in [9.17, 15) is 9.90 Å². The van der Waals surface area contributed by atoms with Crippen LogP contribution < -0.4 is 10.5 Å². The number of aryl methyl sites for hydroxylation is 1. The molecule has 0 saturated carbocycles. The minimum Gasteiger partial charge on any atom is -0.509 e. The quantitative estimate of drug-likeness (QED) is 0.664. The highest BCUT2D eigenvalue weighted by atomic mass is 16.3. The number of H-pyrrole nitrogens is 1. The lowest BCUT2D eigenvalue weighted by molar-refractivity contribution is 0.411. The summed E-state index contributed by atoms with van der Waals surface area (Å²) in [5, 5.41) is 19.5. The summed E-state index contributed by atoms with van der Waals surface area (Å²) in [6, 6.07) is 12.9. The largest absolute Gasteiger partial charge is 0.509 e. The van der Waals surface area contributed by atoms with E-state index >= 15 is 0 Å². The Balaban J connectivity index is 1.81. The summed E-state index contributed by atoms with van der Waals surface area (Å²) in [7, 11) is 0. The fraction of sp³-hybridized carbons (Fsp3) is 0.150. The summed E-state index contributed by atoms with van der Waals surface area (Å²) in [6.45, 7) is 4.17. The molecule has 0 bridgehead atoms. The van der Waals surface area contributed by atoms with Crippen LogP contribution in [0.1, 0.15) is 17.0 Å². The van der Waals surface area contributed by atoms with Gasteiger partial charge >= 0.3 is 0 Å². The maximum Gasteiger partial charge on any atom is 0.259 e. The average Bonchev–Trinajstić information content (AvgIpc) is 2.91. The fourth-order valence-electron chi connectivity index (χ4n) is 3.27. The molecule has 1 aliphatic heterocycles. The van der Waals surface area contributed by atoms with Crippen molar-refractivity contribution in [2.24, 2.45) is 0 Å². The van der Waals surface area contributed by atoms with Gasteiger partial charge in [-0.2, -0.15) is 0 Å². The number of hydrogen-bond donors (Lipinski definition) is 3. The van der Waals surface area contributed by atoms with E-state index in [1.165, 1.54) is 0 Å². The lowest BCUT2D eigenvalue weighted by Crippen LogP contribution is -2.27. The molecule has 0 fully saturated rings. The molecule has 130 valence electrons. The summed E-state index contributed by atoms with van der Waals surface area (Å²) in [4.78, 5) is 21.2. The fourth-order valence-corrected chi connectivity index (χ4v) is 3.27. The van der Waals surface area contributed by atoms with Crippen molar-refractivity contribution < 1.29 is 5.11 Å². The Hall–Kier alpha value is -3.41.